The summed E-state index contributed by atoms with van der Waals surface area (Å²) in [6.45, 7) is 5.80. The molecule has 0 aliphatic carbocycles. The van der Waals surface area contributed by atoms with Crippen molar-refractivity contribution < 1.29 is 9.59 Å². The third-order valence-electron chi connectivity index (χ3n) is 2.93. The second-order valence-electron chi connectivity index (χ2n) is 4.68. The van der Waals surface area contributed by atoms with Gasteiger partial charge in [-0.1, -0.05) is 31.5 Å². The predicted molar refractivity (Wildman–Crippen MR) is 65.8 cm³/mol. The lowest BCUT2D eigenvalue weighted by Crippen LogP contribution is -2.34. The second kappa shape index (κ2) is 4.20. The summed E-state index contributed by atoms with van der Waals surface area (Å²) < 4.78 is 0. The van der Waals surface area contributed by atoms with Gasteiger partial charge in [0.05, 0.1) is 5.69 Å². The maximum atomic E-state index is 12.1. The first-order valence-electron chi connectivity index (χ1n) is 5.72. The number of amides is 3. The Morgan fingerprint density at radius 1 is 1.18 bits per heavy atom. The van der Waals surface area contributed by atoms with Gasteiger partial charge in [-0.25, -0.2) is 9.69 Å². The molecule has 4 heteroatoms. The summed E-state index contributed by atoms with van der Waals surface area (Å²) in [7, 11) is 0. The van der Waals surface area contributed by atoms with Crippen molar-refractivity contribution in [2.24, 2.45) is 5.92 Å². The average molecular weight is 232 g/mol. The molecule has 1 atom stereocenters. The summed E-state index contributed by atoms with van der Waals surface area (Å²) in [5.74, 6) is -0.0734. The van der Waals surface area contributed by atoms with Crippen LogP contribution in [0.1, 0.15) is 19.4 Å². The van der Waals surface area contributed by atoms with Crippen LogP contribution in [0.15, 0.2) is 24.3 Å². The van der Waals surface area contributed by atoms with Gasteiger partial charge in [-0.2, -0.15) is 0 Å². The predicted octanol–water partition coefficient (Wildman–Crippen LogP) is 2.08. The number of anilines is 1. The van der Waals surface area contributed by atoms with Crippen molar-refractivity contribution in [1.82, 2.24) is 5.32 Å². The molecule has 1 aliphatic rings. The summed E-state index contributed by atoms with van der Waals surface area (Å²) in [6, 6.07) is 6.60. The van der Waals surface area contributed by atoms with Crippen molar-refractivity contribution in [3.8, 4) is 0 Å². The molecule has 2 rings (SSSR count). The fourth-order valence-corrected chi connectivity index (χ4v) is 1.89. The first kappa shape index (κ1) is 11.6. The summed E-state index contributed by atoms with van der Waals surface area (Å²) >= 11 is 0. The molecule has 1 heterocycles. The van der Waals surface area contributed by atoms with E-state index in [0.717, 1.165) is 5.56 Å². The topological polar surface area (TPSA) is 49.4 Å². The fraction of sp³-hybridized carbons (Fsp3) is 0.385. The Kier molecular flexibility index (Phi) is 2.88. The van der Waals surface area contributed by atoms with Gasteiger partial charge in [0.1, 0.15) is 6.04 Å². The SMILES string of the molecule is Cc1ccc(N2C(=O)NC(C(C)C)C2=O)cc1. The molecule has 1 saturated heterocycles. The van der Waals surface area contributed by atoms with Crippen LogP contribution < -0.4 is 10.2 Å². The summed E-state index contributed by atoms with van der Waals surface area (Å²) in [5, 5.41) is 2.70. The van der Waals surface area contributed by atoms with Gasteiger partial charge in [-0.15, -0.1) is 0 Å². The number of imide groups is 1. The van der Waals surface area contributed by atoms with Gasteiger partial charge in [-0.05, 0) is 25.0 Å². The van der Waals surface area contributed by atoms with E-state index in [4.69, 9.17) is 0 Å². The number of carbonyl (C=O) groups is 2. The van der Waals surface area contributed by atoms with E-state index in [2.05, 4.69) is 5.32 Å². The van der Waals surface area contributed by atoms with Crippen molar-refractivity contribution in [2.75, 3.05) is 4.90 Å². The zero-order chi connectivity index (χ0) is 12.6. The monoisotopic (exact) mass is 232 g/mol. The third kappa shape index (κ3) is 2.02. The molecule has 0 aromatic heterocycles. The number of aryl methyl sites for hydroxylation is 1. The van der Waals surface area contributed by atoms with E-state index >= 15 is 0 Å². The molecule has 1 aromatic rings. The first-order chi connectivity index (χ1) is 8.00. The Labute approximate surface area is 101 Å². The van der Waals surface area contributed by atoms with Crippen LogP contribution in [0.5, 0.6) is 0 Å². The van der Waals surface area contributed by atoms with Gasteiger partial charge in [-0.3, -0.25) is 4.79 Å². The molecule has 0 bridgehead atoms. The number of hydrogen-bond acceptors (Lipinski definition) is 2. The van der Waals surface area contributed by atoms with Crippen LogP contribution >= 0.6 is 0 Å². The maximum Gasteiger partial charge on any atom is 0.329 e. The van der Waals surface area contributed by atoms with Gasteiger partial charge in [0.2, 0.25) is 0 Å². The molecule has 0 saturated carbocycles. The highest BCUT2D eigenvalue weighted by molar-refractivity contribution is 6.21. The van der Waals surface area contributed by atoms with E-state index in [1.807, 2.05) is 32.9 Å². The number of benzene rings is 1. The van der Waals surface area contributed by atoms with Gasteiger partial charge in [0.15, 0.2) is 0 Å². The van der Waals surface area contributed by atoms with Gasteiger partial charge >= 0.3 is 6.03 Å². The van der Waals surface area contributed by atoms with Gasteiger partial charge in [0, 0.05) is 0 Å². The molecule has 17 heavy (non-hydrogen) atoms. The van der Waals surface area contributed by atoms with Crippen molar-refractivity contribution in [2.45, 2.75) is 26.8 Å². The molecule has 4 nitrogen and oxygen atoms in total. The molecule has 1 fully saturated rings. The summed E-state index contributed by atoms with van der Waals surface area (Å²) in [5.41, 5.74) is 1.72. The van der Waals surface area contributed by atoms with Crippen LogP contribution in [-0.2, 0) is 4.79 Å². The summed E-state index contributed by atoms with van der Waals surface area (Å²) in [4.78, 5) is 25.1. The second-order valence-corrected chi connectivity index (χ2v) is 4.68. The van der Waals surface area contributed by atoms with E-state index in [0.29, 0.717) is 5.69 Å². The highest BCUT2D eigenvalue weighted by atomic mass is 16.2. The number of rotatable bonds is 2. The van der Waals surface area contributed by atoms with Crippen LogP contribution in [0.4, 0.5) is 10.5 Å². The zero-order valence-corrected chi connectivity index (χ0v) is 10.2. The number of nitrogens with one attached hydrogen (secondary N) is 1. The van der Waals surface area contributed by atoms with Crippen LogP contribution in [0, 0.1) is 12.8 Å². The molecule has 1 aliphatic heterocycles. The highest BCUT2D eigenvalue weighted by Crippen LogP contribution is 2.22. The Balaban J connectivity index is 2.30. The molecule has 1 aromatic carbocycles. The Morgan fingerprint density at radius 3 is 2.24 bits per heavy atom. The lowest BCUT2D eigenvalue weighted by Gasteiger charge is -2.14. The smallest absolute Gasteiger partial charge is 0.325 e. The lowest BCUT2D eigenvalue weighted by atomic mass is 10.0. The van der Waals surface area contributed by atoms with E-state index in [1.165, 1.54) is 4.90 Å². The quantitative estimate of drug-likeness (QED) is 0.794. The number of urea groups is 1. The van der Waals surface area contributed by atoms with E-state index < -0.39 is 6.04 Å². The standard InChI is InChI=1S/C13H16N2O2/c1-8(2)11-12(16)15(13(17)14-11)10-6-4-9(3)5-7-10/h4-8,11H,1-3H3,(H,14,17). The highest BCUT2D eigenvalue weighted by Gasteiger charge is 2.40. The molecule has 1 unspecified atom stereocenters. The van der Waals surface area contributed by atoms with E-state index in [1.54, 1.807) is 12.1 Å². The molecular weight excluding hydrogens is 216 g/mol. The number of carbonyl (C=O) groups excluding carboxylic acids is 2. The van der Waals surface area contributed by atoms with Crippen molar-refractivity contribution >= 4 is 17.6 Å². The van der Waals surface area contributed by atoms with Crippen molar-refractivity contribution in [1.29, 1.82) is 0 Å². The van der Waals surface area contributed by atoms with Crippen molar-refractivity contribution in [3.63, 3.8) is 0 Å². The van der Waals surface area contributed by atoms with Crippen LogP contribution in [0.2, 0.25) is 0 Å². The maximum absolute atomic E-state index is 12.1. The van der Waals surface area contributed by atoms with Crippen LogP contribution in [0.25, 0.3) is 0 Å². The molecule has 0 radical (unpaired) electrons. The fourth-order valence-electron chi connectivity index (χ4n) is 1.89. The minimum atomic E-state index is -0.413. The largest absolute Gasteiger partial charge is 0.329 e. The van der Waals surface area contributed by atoms with Crippen LogP contribution in [-0.4, -0.2) is 18.0 Å². The molecular formula is C13H16N2O2. The summed E-state index contributed by atoms with van der Waals surface area (Å²) in [6.07, 6.45) is 0. The Morgan fingerprint density at radius 2 is 1.76 bits per heavy atom. The Hall–Kier alpha value is -1.84. The Bertz CT molecular complexity index is 451. The minimum absolute atomic E-state index is 0.0990. The average Bonchev–Trinajstić information content (AvgIpc) is 2.56. The van der Waals surface area contributed by atoms with Gasteiger partial charge in [0.25, 0.3) is 5.91 Å². The third-order valence-corrected chi connectivity index (χ3v) is 2.93. The van der Waals surface area contributed by atoms with Gasteiger partial charge < -0.3 is 5.32 Å². The lowest BCUT2D eigenvalue weighted by molar-refractivity contribution is -0.119. The van der Waals surface area contributed by atoms with E-state index in [-0.39, 0.29) is 17.9 Å². The molecule has 1 N–H and O–H groups in total. The molecule has 90 valence electrons. The zero-order valence-electron chi connectivity index (χ0n) is 10.2. The molecule has 3 amide bonds. The first-order valence-corrected chi connectivity index (χ1v) is 5.72. The number of nitrogens with zero attached hydrogens (tertiary/aromatic N) is 1. The van der Waals surface area contributed by atoms with Crippen LogP contribution in [0.3, 0.4) is 0 Å². The molecule has 0 spiro atoms. The van der Waals surface area contributed by atoms with E-state index in [9.17, 15) is 9.59 Å². The minimum Gasteiger partial charge on any atom is -0.325 e. The van der Waals surface area contributed by atoms with Crippen molar-refractivity contribution in [3.05, 3.63) is 29.8 Å². The number of hydrogen-bond donors (Lipinski definition) is 1. The normalized spacial score (nSPS) is 20.0.